The molecule has 2 fully saturated rings. The quantitative estimate of drug-likeness (QED) is 0.426. The number of rotatable bonds is 1. The van der Waals surface area contributed by atoms with Gasteiger partial charge in [0.1, 0.15) is 6.04 Å². The maximum absolute atomic E-state index is 10.8. The summed E-state index contributed by atoms with van der Waals surface area (Å²) in [5, 5.41) is 8.96. The van der Waals surface area contributed by atoms with Crippen LogP contribution in [0.2, 0.25) is 0 Å². The van der Waals surface area contributed by atoms with Crippen molar-refractivity contribution < 1.29 is 19.2 Å². The smallest absolute Gasteiger partial charge is 0.322 e. The molecule has 2 heterocycles. The Bertz CT molecular complexity index is 352. The van der Waals surface area contributed by atoms with Crippen molar-refractivity contribution in [2.24, 2.45) is 5.92 Å². The first-order valence-corrected chi connectivity index (χ1v) is 5.09. The van der Waals surface area contributed by atoms with Gasteiger partial charge in [-0.3, -0.25) is 20.2 Å². The van der Waals surface area contributed by atoms with Crippen LogP contribution in [0, 0.1) is 5.92 Å². The normalized spacial score (nSPS) is 22.4. The van der Waals surface area contributed by atoms with E-state index >= 15 is 0 Å². The summed E-state index contributed by atoms with van der Waals surface area (Å²) in [4.78, 5) is 41.4. The van der Waals surface area contributed by atoms with Crippen molar-refractivity contribution >= 4 is 23.9 Å². The molecule has 8 nitrogen and oxygen atoms in total. The summed E-state index contributed by atoms with van der Waals surface area (Å²) in [6.45, 7) is 3.89. The van der Waals surface area contributed by atoms with E-state index in [-0.39, 0.29) is 36.3 Å². The average molecular weight is 242 g/mol. The third-order valence-corrected chi connectivity index (χ3v) is 2.13. The van der Waals surface area contributed by atoms with Gasteiger partial charge < -0.3 is 10.6 Å². The highest BCUT2D eigenvalue weighted by Crippen LogP contribution is 2.04. The molecule has 4 N–H and O–H groups in total. The molecule has 0 saturated carbocycles. The summed E-state index contributed by atoms with van der Waals surface area (Å²) in [7, 11) is 0. The van der Waals surface area contributed by atoms with Gasteiger partial charge in [-0.15, -0.1) is 0 Å². The third-order valence-electron chi connectivity index (χ3n) is 2.13. The molecule has 1 unspecified atom stereocenters. The average Bonchev–Trinajstić information content (AvgIpc) is 2.73. The lowest BCUT2D eigenvalue weighted by Gasteiger charge is -2.09. The van der Waals surface area contributed by atoms with Gasteiger partial charge in [0.2, 0.25) is 5.91 Å². The molecule has 0 radical (unpaired) electrons. The first-order chi connectivity index (χ1) is 7.90. The first-order valence-electron chi connectivity index (χ1n) is 5.09. The number of nitrogens with one attached hydrogen (secondary N) is 4. The minimum absolute atomic E-state index is 0.124. The molecule has 0 aliphatic carbocycles. The van der Waals surface area contributed by atoms with Crippen molar-refractivity contribution in [3.05, 3.63) is 0 Å². The van der Waals surface area contributed by atoms with Crippen LogP contribution in [-0.4, -0.2) is 36.5 Å². The topological polar surface area (TPSA) is 116 Å². The van der Waals surface area contributed by atoms with Crippen molar-refractivity contribution in [1.82, 2.24) is 21.3 Å². The van der Waals surface area contributed by atoms with E-state index in [9.17, 15) is 19.2 Å². The summed E-state index contributed by atoms with van der Waals surface area (Å²) in [5.74, 6) is -0.323. The second-order valence-corrected chi connectivity index (χ2v) is 3.92. The fourth-order valence-corrected chi connectivity index (χ4v) is 1.28. The predicted octanol–water partition coefficient (Wildman–Crippen LogP) is -1.32. The molecule has 8 heteroatoms. The van der Waals surface area contributed by atoms with Gasteiger partial charge in [-0.2, -0.15) is 0 Å². The van der Waals surface area contributed by atoms with Crippen molar-refractivity contribution in [2.75, 3.05) is 6.54 Å². The Labute approximate surface area is 97.5 Å². The number of carbonyl (C=O) groups excluding carboxylic acids is 4. The van der Waals surface area contributed by atoms with Gasteiger partial charge in [0.05, 0.1) is 6.54 Å². The molecule has 0 aromatic rings. The SMILES string of the molecule is CC(C)C1NC(=O)NC1=O.O=C1CNC(=O)N1. The van der Waals surface area contributed by atoms with Crippen molar-refractivity contribution in [3.63, 3.8) is 0 Å². The van der Waals surface area contributed by atoms with Crippen LogP contribution in [0.3, 0.4) is 0 Å². The Morgan fingerprint density at radius 1 is 1.06 bits per heavy atom. The molecule has 6 amide bonds. The Morgan fingerprint density at radius 3 is 1.88 bits per heavy atom. The highest BCUT2D eigenvalue weighted by molar-refractivity contribution is 6.04. The molecule has 1 atom stereocenters. The van der Waals surface area contributed by atoms with Crippen LogP contribution >= 0.6 is 0 Å². The highest BCUT2D eigenvalue weighted by Gasteiger charge is 2.31. The molecule has 0 spiro atoms. The molecule has 2 aliphatic rings. The summed E-state index contributed by atoms with van der Waals surface area (Å²) in [6, 6.07) is -1.12. The number of hydrogen-bond donors (Lipinski definition) is 4. The minimum atomic E-state index is -0.398. The van der Waals surface area contributed by atoms with E-state index in [4.69, 9.17) is 0 Å². The third kappa shape index (κ3) is 3.74. The Kier molecular flexibility index (Phi) is 4.02. The Morgan fingerprint density at radius 2 is 1.71 bits per heavy atom. The van der Waals surface area contributed by atoms with Gasteiger partial charge in [0.25, 0.3) is 5.91 Å². The minimum Gasteiger partial charge on any atom is -0.329 e. The van der Waals surface area contributed by atoms with Gasteiger partial charge in [0.15, 0.2) is 0 Å². The van der Waals surface area contributed by atoms with E-state index in [1.165, 1.54) is 0 Å². The van der Waals surface area contributed by atoms with E-state index in [2.05, 4.69) is 16.0 Å². The molecule has 2 rings (SSSR count). The predicted molar refractivity (Wildman–Crippen MR) is 56.8 cm³/mol. The number of carbonyl (C=O) groups is 4. The summed E-state index contributed by atoms with van der Waals surface area (Å²) >= 11 is 0. The standard InChI is InChI=1S/C6H10N2O2.C3H4N2O2/c1-3(2)4-5(9)8-6(10)7-4;6-2-1-4-3(7)5-2/h3-4H,1-2H3,(H2,7,8,9,10);1H2,(H2,4,5,6,7). The highest BCUT2D eigenvalue weighted by atomic mass is 16.2. The molecule has 0 aromatic carbocycles. The molecule has 0 aromatic heterocycles. The van der Waals surface area contributed by atoms with Crippen LogP contribution in [0.1, 0.15) is 13.8 Å². The van der Waals surface area contributed by atoms with Crippen LogP contribution < -0.4 is 21.3 Å². The first kappa shape index (κ1) is 12.9. The van der Waals surface area contributed by atoms with E-state index < -0.39 is 6.03 Å². The van der Waals surface area contributed by atoms with Gasteiger partial charge in [-0.1, -0.05) is 13.8 Å². The number of amides is 6. The van der Waals surface area contributed by atoms with Gasteiger partial charge in [-0.25, -0.2) is 9.59 Å². The lowest BCUT2D eigenvalue weighted by Crippen LogP contribution is -2.33. The molecule has 0 bridgehead atoms. The van der Waals surface area contributed by atoms with E-state index in [0.717, 1.165) is 0 Å². The van der Waals surface area contributed by atoms with Gasteiger partial charge >= 0.3 is 12.1 Å². The van der Waals surface area contributed by atoms with Gasteiger partial charge in [-0.05, 0) is 5.92 Å². The lowest BCUT2D eigenvalue weighted by atomic mass is 10.1. The maximum atomic E-state index is 10.8. The van der Waals surface area contributed by atoms with Crippen LogP contribution in [0.25, 0.3) is 0 Å². The maximum Gasteiger partial charge on any atom is 0.322 e. The zero-order chi connectivity index (χ0) is 13.0. The van der Waals surface area contributed by atoms with Crippen molar-refractivity contribution in [1.29, 1.82) is 0 Å². The molecular formula is C9H14N4O4. The van der Waals surface area contributed by atoms with Crippen LogP contribution in [0.4, 0.5) is 9.59 Å². The van der Waals surface area contributed by atoms with Crippen molar-refractivity contribution in [3.8, 4) is 0 Å². The second-order valence-electron chi connectivity index (χ2n) is 3.92. The van der Waals surface area contributed by atoms with Crippen LogP contribution in [0.15, 0.2) is 0 Å². The number of imide groups is 2. The molecule has 94 valence electrons. The summed E-state index contributed by atoms with van der Waals surface area (Å²) in [6.07, 6.45) is 0. The fourth-order valence-electron chi connectivity index (χ4n) is 1.28. The largest absolute Gasteiger partial charge is 0.329 e. The lowest BCUT2D eigenvalue weighted by molar-refractivity contribution is -0.121. The fraction of sp³-hybridized carbons (Fsp3) is 0.556. The summed E-state index contributed by atoms with van der Waals surface area (Å²) in [5.41, 5.74) is 0. The zero-order valence-corrected chi connectivity index (χ0v) is 9.49. The molecule has 2 aliphatic heterocycles. The van der Waals surface area contributed by atoms with Crippen molar-refractivity contribution in [2.45, 2.75) is 19.9 Å². The van der Waals surface area contributed by atoms with Crippen LogP contribution in [-0.2, 0) is 9.59 Å². The zero-order valence-electron chi connectivity index (χ0n) is 9.49. The Balaban J connectivity index is 0.000000181. The van der Waals surface area contributed by atoms with E-state index in [1.807, 2.05) is 19.2 Å². The van der Waals surface area contributed by atoms with Crippen LogP contribution in [0.5, 0.6) is 0 Å². The molecule has 2 saturated heterocycles. The number of hydrogen-bond acceptors (Lipinski definition) is 4. The summed E-state index contributed by atoms with van der Waals surface area (Å²) < 4.78 is 0. The van der Waals surface area contributed by atoms with Gasteiger partial charge in [0, 0.05) is 0 Å². The second kappa shape index (κ2) is 5.28. The van der Waals surface area contributed by atoms with E-state index in [1.54, 1.807) is 0 Å². The van der Waals surface area contributed by atoms with E-state index in [0.29, 0.717) is 0 Å². The molecule has 17 heavy (non-hydrogen) atoms. The number of urea groups is 2. The monoisotopic (exact) mass is 242 g/mol. The molecular weight excluding hydrogens is 228 g/mol. The Hall–Kier alpha value is -2.12.